The first-order valence-corrected chi connectivity index (χ1v) is 12.2. The molecule has 0 radical (unpaired) electrons. The SMILES string of the molecule is CS(=O)(=O)N(CCc1cccc2ccoc12)C[C@@H]1CCCc2c1ccc1c2OCO1. The maximum absolute atomic E-state index is 12.6. The molecule has 7 heteroatoms. The zero-order valence-electron chi connectivity index (χ0n) is 17.0. The summed E-state index contributed by atoms with van der Waals surface area (Å²) in [5.74, 6) is 1.78. The zero-order chi connectivity index (χ0) is 20.7. The van der Waals surface area contributed by atoms with Crippen molar-refractivity contribution >= 4 is 21.0 Å². The molecule has 30 heavy (non-hydrogen) atoms. The van der Waals surface area contributed by atoms with Gasteiger partial charge < -0.3 is 13.9 Å². The van der Waals surface area contributed by atoms with Gasteiger partial charge in [-0.1, -0.05) is 24.3 Å². The van der Waals surface area contributed by atoms with Gasteiger partial charge in [-0.3, -0.25) is 0 Å². The Kier molecular flexibility index (Phi) is 4.95. The summed E-state index contributed by atoms with van der Waals surface area (Å²) < 4.78 is 43.6. The maximum atomic E-state index is 12.6. The Bertz CT molecular complexity index is 1180. The van der Waals surface area contributed by atoms with E-state index in [1.54, 1.807) is 10.6 Å². The lowest BCUT2D eigenvalue weighted by molar-refractivity contribution is 0.173. The van der Waals surface area contributed by atoms with Gasteiger partial charge in [0.25, 0.3) is 0 Å². The third-order valence-corrected chi connectivity index (χ3v) is 7.45. The number of furan rings is 1. The summed E-state index contributed by atoms with van der Waals surface area (Å²) in [6.45, 7) is 1.15. The van der Waals surface area contributed by atoms with Crippen molar-refractivity contribution in [1.29, 1.82) is 0 Å². The maximum Gasteiger partial charge on any atom is 0.231 e. The lowest BCUT2D eigenvalue weighted by Crippen LogP contribution is -2.36. The molecule has 0 saturated carbocycles. The molecule has 1 aromatic heterocycles. The fraction of sp³-hybridized carbons (Fsp3) is 0.391. The second-order valence-corrected chi connectivity index (χ2v) is 10.1. The number of rotatable bonds is 6. The van der Waals surface area contributed by atoms with Crippen LogP contribution >= 0.6 is 0 Å². The van der Waals surface area contributed by atoms with Crippen LogP contribution in [-0.2, 0) is 22.9 Å². The first-order valence-electron chi connectivity index (χ1n) is 10.3. The van der Waals surface area contributed by atoms with Crippen LogP contribution < -0.4 is 9.47 Å². The second-order valence-electron chi connectivity index (χ2n) is 8.08. The summed E-state index contributed by atoms with van der Waals surface area (Å²) in [6.07, 6.45) is 6.50. The van der Waals surface area contributed by atoms with E-state index in [2.05, 4.69) is 6.07 Å². The van der Waals surface area contributed by atoms with Crippen molar-refractivity contribution in [1.82, 2.24) is 4.31 Å². The minimum Gasteiger partial charge on any atom is -0.464 e. The number of sulfonamides is 1. The van der Waals surface area contributed by atoms with Crippen molar-refractivity contribution in [3.8, 4) is 11.5 Å². The molecule has 0 N–H and O–H groups in total. The van der Waals surface area contributed by atoms with Gasteiger partial charge in [0.05, 0.1) is 12.5 Å². The monoisotopic (exact) mass is 427 g/mol. The van der Waals surface area contributed by atoms with Crippen LogP contribution in [0.3, 0.4) is 0 Å². The van der Waals surface area contributed by atoms with Gasteiger partial charge in [-0.2, -0.15) is 0 Å². The van der Waals surface area contributed by atoms with Crippen LogP contribution in [0.15, 0.2) is 47.1 Å². The van der Waals surface area contributed by atoms with E-state index in [1.807, 2.05) is 30.3 Å². The molecule has 0 saturated heterocycles. The molecule has 1 atom stereocenters. The van der Waals surface area contributed by atoms with E-state index in [-0.39, 0.29) is 12.7 Å². The largest absolute Gasteiger partial charge is 0.464 e. The van der Waals surface area contributed by atoms with Crippen molar-refractivity contribution in [3.63, 3.8) is 0 Å². The average Bonchev–Trinajstić information content (AvgIpc) is 3.39. The normalized spacial score (nSPS) is 18.1. The van der Waals surface area contributed by atoms with E-state index in [1.165, 1.54) is 17.4 Å². The zero-order valence-corrected chi connectivity index (χ0v) is 17.8. The lowest BCUT2D eigenvalue weighted by Gasteiger charge is -2.30. The summed E-state index contributed by atoms with van der Waals surface area (Å²) in [6, 6.07) is 11.9. The van der Waals surface area contributed by atoms with Crippen LogP contribution in [0, 0.1) is 0 Å². The van der Waals surface area contributed by atoms with Crippen molar-refractivity contribution in [2.45, 2.75) is 31.6 Å². The molecule has 0 bridgehead atoms. The van der Waals surface area contributed by atoms with Gasteiger partial charge in [-0.25, -0.2) is 12.7 Å². The highest BCUT2D eigenvalue weighted by atomic mass is 32.2. The highest BCUT2D eigenvalue weighted by molar-refractivity contribution is 7.88. The Hall–Kier alpha value is -2.51. The van der Waals surface area contributed by atoms with Gasteiger partial charge in [0.15, 0.2) is 11.5 Å². The van der Waals surface area contributed by atoms with Crippen molar-refractivity contribution in [2.75, 3.05) is 26.1 Å². The third kappa shape index (κ3) is 3.56. The van der Waals surface area contributed by atoms with Crippen LogP contribution in [0.1, 0.15) is 35.4 Å². The standard InChI is InChI=1S/C23H25NO5S/c1-30(25,26)24(12-10-16-4-2-5-17-11-13-27-22(16)17)14-18-6-3-7-20-19(18)8-9-21-23(20)29-15-28-21/h2,4-5,8-9,11,13,18H,3,6-7,10,12,14-15H2,1H3/t18-/m0/s1. The highest BCUT2D eigenvalue weighted by Crippen LogP contribution is 2.44. The summed E-state index contributed by atoms with van der Waals surface area (Å²) in [5.41, 5.74) is 4.22. The fourth-order valence-corrected chi connectivity index (χ4v) is 5.57. The van der Waals surface area contributed by atoms with E-state index < -0.39 is 10.0 Å². The Morgan fingerprint density at radius 3 is 2.90 bits per heavy atom. The number of nitrogens with zero attached hydrogens (tertiary/aromatic N) is 1. The Morgan fingerprint density at radius 1 is 1.13 bits per heavy atom. The van der Waals surface area contributed by atoms with Crippen molar-refractivity contribution in [3.05, 3.63) is 59.4 Å². The van der Waals surface area contributed by atoms with Crippen LogP contribution in [0.5, 0.6) is 11.5 Å². The predicted molar refractivity (Wildman–Crippen MR) is 115 cm³/mol. The van der Waals surface area contributed by atoms with E-state index >= 15 is 0 Å². The van der Waals surface area contributed by atoms with Gasteiger partial charge in [0.1, 0.15) is 5.58 Å². The van der Waals surface area contributed by atoms with Crippen LogP contribution in [0.25, 0.3) is 11.0 Å². The van der Waals surface area contributed by atoms with Crippen LogP contribution in [0.2, 0.25) is 0 Å². The second kappa shape index (κ2) is 7.63. The van der Waals surface area contributed by atoms with E-state index in [0.29, 0.717) is 19.5 Å². The molecule has 0 spiro atoms. The number of benzene rings is 2. The van der Waals surface area contributed by atoms with Crippen molar-refractivity contribution in [2.24, 2.45) is 0 Å². The number of hydrogen-bond donors (Lipinski definition) is 0. The molecule has 2 aromatic carbocycles. The molecule has 2 aliphatic rings. The fourth-order valence-electron chi connectivity index (χ4n) is 4.69. The van der Waals surface area contributed by atoms with Gasteiger partial charge in [0.2, 0.25) is 16.8 Å². The number of para-hydroxylation sites is 1. The molecular weight excluding hydrogens is 402 g/mol. The third-order valence-electron chi connectivity index (χ3n) is 6.18. The molecule has 6 nitrogen and oxygen atoms in total. The molecule has 0 unspecified atom stereocenters. The lowest BCUT2D eigenvalue weighted by atomic mass is 9.82. The minimum atomic E-state index is -3.34. The molecule has 0 amide bonds. The highest BCUT2D eigenvalue weighted by Gasteiger charge is 2.30. The van der Waals surface area contributed by atoms with Crippen LogP contribution in [-0.4, -0.2) is 38.9 Å². The predicted octanol–water partition coefficient (Wildman–Crippen LogP) is 4.09. The van der Waals surface area contributed by atoms with Gasteiger partial charge >= 0.3 is 0 Å². The van der Waals surface area contributed by atoms with Gasteiger partial charge in [-0.05, 0) is 54.9 Å². The smallest absolute Gasteiger partial charge is 0.231 e. The summed E-state index contributed by atoms with van der Waals surface area (Å²) in [4.78, 5) is 0. The Labute approximate surface area is 176 Å². The molecule has 158 valence electrons. The molecule has 1 aliphatic carbocycles. The van der Waals surface area contributed by atoms with Gasteiger partial charge in [-0.15, -0.1) is 0 Å². The molecular formula is C23H25NO5S. The first-order chi connectivity index (χ1) is 14.5. The minimum absolute atomic E-state index is 0.150. The van der Waals surface area contributed by atoms with E-state index in [4.69, 9.17) is 13.9 Å². The van der Waals surface area contributed by atoms with E-state index in [0.717, 1.165) is 47.3 Å². The summed E-state index contributed by atoms with van der Waals surface area (Å²) in [5, 5.41) is 1.04. The average molecular weight is 428 g/mol. The quantitative estimate of drug-likeness (QED) is 0.593. The molecule has 2 heterocycles. The number of hydrogen-bond acceptors (Lipinski definition) is 5. The topological polar surface area (TPSA) is 69.0 Å². The molecule has 1 aliphatic heterocycles. The van der Waals surface area contributed by atoms with Crippen molar-refractivity contribution < 1.29 is 22.3 Å². The summed E-state index contributed by atoms with van der Waals surface area (Å²) >= 11 is 0. The Balaban J connectivity index is 1.38. The molecule has 0 fully saturated rings. The van der Waals surface area contributed by atoms with Gasteiger partial charge in [0, 0.05) is 24.0 Å². The Morgan fingerprint density at radius 2 is 2.03 bits per heavy atom. The van der Waals surface area contributed by atoms with Crippen LogP contribution in [0.4, 0.5) is 0 Å². The number of fused-ring (bicyclic) bond motifs is 4. The molecule has 3 aromatic rings. The van der Waals surface area contributed by atoms with E-state index in [9.17, 15) is 8.42 Å². The number of ether oxygens (including phenoxy) is 2. The first kappa shape index (κ1) is 19.5. The molecule has 5 rings (SSSR count). The summed E-state index contributed by atoms with van der Waals surface area (Å²) in [7, 11) is -3.34.